The first-order valence-corrected chi connectivity index (χ1v) is 6.86. The molecule has 1 aromatic rings. The lowest BCUT2D eigenvalue weighted by Gasteiger charge is -2.10. The van der Waals surface area contributed by atoms with Gasteiger partial charge in [-0.3, -0.25) is 4.21 Å². The van der Waals surface area contributed by atoms with Crippen LogP contribution in [0.15, 0.2) is 6.33 Å². The molecule has 0 fully saturated rings. The summed E-state index contributed by atoms with van der Waals surface area (Å²) in [5.41, 5.74) is 0.881. The molecule has 1 heterocycles. The summed E-state index contributed by atoms with van der Waals surface area (Å²) in [6.45, 7) is 5.02. The Morgan fingerprint density at radius 1 is 1.50 bits per heavy atom. The van der Waals surface area contributed by atoms with Crippen LogP contribution in [-0.4, -0.2) is 39.3 Å². The Labute approximate surface area is 98.1 Å². The highest BCUT2D eigenvalue weighted by Crippen LogP contribution is 2.19. The molecule has 0 spiro atoms. The van der Waals surface area contributed by atoms with Crippen molar-refractivity contribution in [3.8, 4) is 5.88 Å². The number of nitrogens with zero attached hydrogens (tertiary/aromatic N) is 2. The van der Waals surface area contributed by atoms with Crippen molar-refractivity contribution in [3.63, 3.8) is 0 Å². The third-order valence-electron chi connectivity index (χ3n) is 2.00. The van der Waals surface area contributed by atoms with Crippen LogP contribution >= 0.6 is 0 Å². The lowest BCUT2D eigenvalue weighted by Crippen LogP contribution is -2.12. The summed E-state index contributed by atoms with van der Waals surface area (Å²) >= 11 is 0. The second kappa shape index (κ2) is 6.42. The number of aromatic nitrogens is 2. The molecule has 0 aliphatic rings. The Hall–Kier alpha value is -1.17. The average Bonchev–Trinajstić information content (AvgIpc) is 2.23. The van der Waals surface area contributed by atoms with Crippen molar-refractivity contribution in [3.05, 3.63) is 11.9 Å². The van der Waals surface area contributed by atoms with Gasteiger partial charge in [-0.05, 0) is 13.8 Å². The maximum absolute atomic E-state index is 10.9. The summed E-state index contributed by atoms with van der Waals surface area (Å²) in [6, 6.07) is 0. The van der Waals surface area contributed by atoms with E-state index in [1.165, 1.54) is 6.33 Å². The Bertz CT molecular complexity index is 371. The minimum atomic E-state index is -0.792. The van der Waals surface area contributed by atoms with Crippen molar-refractivity contribution in [2.45, 2.75) is 13.8 Å². The summed E-state index contributed by atoms with van der Waals surface area (Å²) in [6.07, 6.45) is 3.14. The fourth-order valence-corrected chi connectivity index (χ4v) is 1.60. The van der Waals surface area contributed by atoms with E-state index in [4.69, 9.17) is 4.74 Å². The lowest BCUT2D eigenvalue weighted by atomic mass is 10.3. The van der Waals surface area contributed by atoms with E-state index in [-0.39, 0.29) is 0 Å². The van der Waals surface area contributed by atoms with Crippen LogP contribution in [0.2, 0.25) is 0 Å². The van der Waals surface area contributed by atoms with Gasteiger partial charge in [0, 0.05) is 29.4 Å². The van der Waals surface area contributed by atoms with E-state index in [0.717, 1.165) is 11.4 Å². The number of ether oxygens (including phenoxy) is 1. The van der Waals surface area contributed by atoms with Gasteiger partial charge in [0.2, 0.25) is 5.88 Å². The molecule has 90 valence electrons. The summed E-state index contributed by atoms with van der Waals surface area (Å²) in [5, 5.41) is 3.12. The van der Waals surface area contributed by atoms with Gasteiger partial charge >= 0.3 is 0 Å². The molecule has 1 rings (SSSR count). The molecule has 0 saturated heterocycles. The van der Waals surface area contributed by atoms with Gasteiger partial charge in [0.25, 0.3) is 0 Å². The smallest absolute Gasteiger partial charge is 0.221 e. The molecule has 0 radical (unpaired) electrons. The molecule has 0 aliphatic heterocycles. The van der Waals surface area contributed by atoms with Gasteiger partial charge in [-0.15, -0.1) is 0 Å². The molecule has 6 heteroatoms. The molecule has 0 amide bonds. The molecule has 0 aromatic carbocycles. The summed E-state index contributed by atoms with van der Waals surface area (Å²) in [5.74, 6) is 1.94. The van der Waals surface area contributed by atoms with E-state index in [9.17, 15) is 4.21 Å². The number of anilines is 1. The van der Waals surface area contributed by atoms with Crippen LogP contribution in [0.1, 0.15) is 12.5 Å². The zero-order chi connectivity index (χ0) is 12.0. The van der Waals surface area contributed by atoms with E-state index >= 15 is 0 Å². The van der Waals surface area contributed by atoms with Crippen molar-refractivity contribution in [2.24, 2.45) is 0 Å². The summed E-state index contributed by atoms with van der Waals surface area (Å²) in [4.78, 5) is 8.16. The molecular formula is C10H17N3O2S. The van der Waals surface area contributed by atoms with Crippen LogP contribution in [-0.2, 0) is 10.8 Å². The molecule has 1 atom stereocenters. The topological polar surface area (TPSA) is 64.1 Å². The number of rotatable bonds is 6. The number of hydrogen-bond donors (Lipinski definition) is 1. The van der Waals surface area contributed by atoms with Gasteiger partial charge in [0.1, 0.15) is 12.1 Å². The molecular weight excluding hydrogens is 226 g/mol. The quantitative estimate of drug-likeness (QED) is 0.806. The maximum Gasteiger partial charge on any atom is 0.221 e. The SMILES string of the molecule is CCOc1ncnc(NCCS(C)=O)c1C. The van der Waals surface area contributed by atoms with Crippen LogP contribution in [0.4, 0.5) is 5.82 Å². The predicted octanol–water partition coefficient (Wildman–Crippen LogP) is 0.974. The second-order valence-corrected chi connectivity index (χ2v) is 4.84. The largest absolute Gasteiger partial charge is 0.478 e. The first-order chi connectivity index (χ1) is 7.65. The predicted molar refractivity (Wildman–Crippen MR) is 65.4 cm³/mol. The molecule has 0 aliphatic carbocycles. The Kier molecular flexibility index (Phi) is 5.18. The lowest BCUT2D eigenvalue weighted by molar-refractivity contribution is 0.324. The minimum Gasteiger partial charge on any atom is -0.478 e. The second-order valence-electron chi connectivity index (χ2n) is 3.29. The third-order valence-corrected chi connectivity index (χ3v) is 2.78. The van der Waals surface area contributed by atoms with Crippen LogP contribution in [0.3, 0.4) is 0 Å². The highest BCUT2D eigenvalue weighted by atomic mass is 32.2. The maximum atomic E-state index is 10.9. The van der Waals surface area contributed by atoms with Gasteiger partial charge in [-0.2, -0.15) is 0 Å². The highest BCUT2D eigenvalue weighted by Gasteiger charge is 2.06. The van der Waals surface area contributed by atoms with Crippen LogP contribution in [0, 0.1) is 6.92 Å². The molecule has 0 saturated carbocycles. The third kappa shape index (κ3) is 3.77. The first kappa shape index (κ1) is 12.9. The molecule has 1 unspecified atom stereocenters. The van der Waals surface area contributed by atoms with Crippen molar-refractivity contribution < 1.29 is 8.95 Å². The van der Waals surface area contributed by atoms with E-state index in [0.29, 0.717) is 24.8 Å². The van der Waals surface area contributed by atoms with Crippen LogP contribution < -0.4 is 10.1 Å². The van der Waals surface area contributed by atoms with Gasteiger partial charge in [-0.25, -0.2) is 9.97 Å². The standard InChI is InChI=1S/C10H17N3O2S/c1-4-15-10-8(2)9(12-7-13-10)11-5-6-16(3)14/h7H,4-6H2,1-3H3,(H,11,12,13). The Morgan fingerprint density at radius 2 is 2.25 bits per heavy atom. The number of nitrogens with one attached hydrogen (secondary N) is 1. The molecule has 1 aromatic heterocycles. The Morgan fingerprint density at radius 3 is 2.88 bits per heavy atom. The van der Waals surface area contributed by atoms with Crippen LogP contribution in [0.25, 0.3) is 0 Å². The number of hydrogen-bond acceptors (Lipinski definition) is 5. The van der Waals surface area contributed by atoms with Crippen molar-refractivity contribution in [1.82, 2.24) is 9.97 Å². The Balaban J connectivity index is 2.65. The van der Waals surface area contributed by atoms with Crippen molar-refractivity contribution >= 4 is 16.6 Å². The van der Waals surface area contributed by atoms with E-state index in [1.807, 2.05) is 13.8 Å². The van der Waals surface area contributed by atoms with Gasteiger partial charge < -0.3 is 10.1 Å². The van der Waals surface area contributed by atoms with E-state index < -0.39 is 10.8 Å². The van der Waals surface area contributed by atoms with Crippen LogP contribution in [0.5, 0.6) is 5.88 Å². The fourth-order valence-electron chi connectivity index (χ4n) is 1.21. The van der Waals surface area contributed by atoms with Crippen molar-refractivity contribution in [1.29, 1.82) is 0 Å². The molecule has 5 nitrogen and oxygen atoms in total. The molecule has 1 N–H and O–H groups in total. The molecule has 0 bridgehead atoms. The van der Waals surface area contributed by atoms with Gasteiger partial charge in [-0.1, -0.05) is 0 Å². The fraction of sp³-hybridized carbons (Fsp3) is 0.600. The van der Waals surface area contributed by atoms with Gasteiger partial charge in [0.15, 0.2) is 0 Å². The zero-order valence-electron chi connectivity index (χ0n) is 9.82. The first-order valence-electron chi connectivity index (χ1n) is 5.13. The molecule has 16 heavy (non-hydrogen) atoms. The summed E-state index contributed by atoms with van der Waals surface area (Å²) < 4.78 is 16.3. The zero-order valence-corrected chi connectivity index (χ0v) is 10.6. The monoisotopic (exact) mass is 243 g/mol. The van der Waals surface area contributed by atoms with Crippen molar-refractivity contribution in [2.75, 3.05) is 30.5 Å². The average molecular weight is 243 g/mol. The summed E-state index contributed by atoms with van der Waals surface area (Å²) in [7, 11) is -0.792. The minimum absolute atomic E-state index is 0.580. The van der Waals surface area contributed by atoms with Gasteiger partial charge in [0.05, 0.1) is 12.2 Å². The van der Waals surface area contributed by atoms with E-state index in [1.54, 1.807) is 6.26 Å². The van der Waals surface area contributed by atoms with E-state index in [2.05, 4.69) is 15.3 Å². The normalized spacial score (nSPS) is 12.2. The highest BCUT2D eigenvalue weighted by molar-refractivity contribution is 7.84.